The molecule has 1 rings (SSSR count). The summed E-state index contributed by atoms with van der Waals surface area (Å²) >= 11 is 0. The maximum atomic E-state index is 12.8. The van der Waals surface area contributed by atoms with Gasteiger partial charge < -0.3 is 24.8 Å². The van der Waals surface area contributed by atoms with E-state index in [0.29, 0.717) is 6.42 Å². The normalized spacial score (nSPS) is 13.3. The molecule has 0 saturated carbocycles. The molecule has 168 valence electrons. The molecular weight excluding hydrogens is 388 g/mol. The van der Waals surface area contributed by atoms with Crippen molar-refractivity contribution in [2.45, 2.75) is 65.3 Å². The van der Waals surface area contributed by atoms with Gasteiger partial charge in [-0.2, -0.15) is 0 Å². The lowest BCUT2D eigenvalue weighted by molar-refractivity contribution is -0.146. The van der Waals surface area contributed by atoms with Crippen LogP contribution in [0.4, 0.5) is 4.79 Å². The number of amides is 2. The van der Waals surface area contributed by atoms with Crippen molar-refractivity contribution < 1.29 is 28.6 Å². The highest BCUT2D eigenvalue weighted by atomic mass is 16.6. The fourth-order valence-corrected chi connectivity index (χ4v) is 2.60. The molecule has 1 aromatic rings. The Labute approximate surface area is 178 Å². The molecule has 0 radical (unpaired) electrons. The third kappa shape index (κ3) is 10.2. The highest BCUT2D eigenvalue weighted by Gasteiger charge is 2.29. The second kappa shape index (κ2) is 12.2. The van der Waals surface area contributed by atoms with Gasteiger partial charge in [-0.1, -0.05) is 44.2 Å². The fraction of sp³-hybridized carbons (Fsp3) is 0.591. The Morgan fingerprint density at radius 2 is 1.63 bits per heavy atom. The third-order valence-corrected chi connectivity index (χ3v) is 3.91. The zero-order valence-corrected chi connectivity index (χ0v) is 18.7. The summed E-state index contributed by atoms with van der Waals surface area (Å²) in [6, 6.07) is 7.59. The molecule has 2 atom stereocenters. The molecular formula is C22H34N2O6. The molecule has 0 aliphatic heterocycles. The first-order valence-corrected chi connectivity index (χ1v) is 10.0. The number of benzene rings is 1. The molecule has 2 N–H and O–H groups in total. The smallest absolute Gasteiger partial charge is 0.408 e. The van der Waals surface area contributed by atoms with Crippen molar-refractivity contribution in [1.29, 1.82) is 0 Å². The Balaban J connectivity index is 2.83. The molecule has 0 bridgehead atoms. The van der Waals surface area contributed by atoms with Gasteiger partial charge in [-0.05, 0) is 38.7 Å². The minimum atomic E-state index is -1.04. The van der Waals surface area contributed by atoms with Crippen LogP contribution >= 0.6 is 0 Å². The number of nitrogens with one attached hydrogen (secondary N) is 2. The number of carbonyl (C=O) groups is 3. The highest BCUT2D eigenvalue weighted by molar-refractivity contribution is 5.89. The maximum absolute atomic E-state index is 12.8. The van der Waals surface area contributed by atoms with Gasteiger partial charge in [0.15, 0.2) is 0 Å². The Morgan fingerprint density at radius 3 is 2.17 bits per heavy atom. The lowest BCUT2D eigenvalue weighted by atomic mass is 10.0. The first-order chi connectivity index (χ1) is 14.0. The van der Waals surface area contributed by atoms with Crippen LogP contribution in [0, 0.1) is 5.92 Å². The summed E-state index contributed by atoms with van der Waals surface area (Å²) in [6.45, 7) is 9.22. The van der Waals surface area contributed by atoms with E-state index in [1.165, 1.54) is 7.11 Å². The summed E-state index contributed by atoms with van der Waals surface area (Å²) in [6.07, 6.45) is -0.341. The third-order valence-electron chi connectivity index (χ3n) is 3.91. The summed E-state index contributed by atoms with van der Waals surface area (Å²) in [4.78, 5) is 37.1. The minimum absolute atomic E-state index is 0.0878. The topological polar surface area (TPSA) is 103 Å². The summed E-state index contributed by atoms with van der Waals surface area (Å²) in [5.41, 5.74) is 0.212. The van der Waals surface area contributed by atoms with Crippen molar-refractivity contribution in [3.05, 3.63) is 35.9 Å². The lowest BCUT2D eigenvalue weighted by Crippen LogP contribution is -2.54. The van der Waals surface area contributed by atoms with E-state index in [-0.39, 0.29) is 19.1 Å². The van der Waals surface area contributed by atoms with E-state index in [1.807, 2.05) is 44.2 Å². The summed E-state index contributed by atoms with van der Waals surface area (Å²) < 4.78 is 15.7. The molecule has 8 nitrogen and oxygen atoms in total. The number of methoxy groups -OCH3 is 1. The average Bonchev–Trinajstić information content (AvgIpc) is 2.65. The van der Waals surface area contributed by atoms with Crippen LogP contribution in [-0.4, -0.2) is 49.4 Å². The number of hydrogen-bond acceptors (Lipinski definition) is 6. The largest absolute Gasteiger partial charge is 0.467 e. The number of esters is 1. The number of rotatable bonds is 10. The van der Waals surface area contributed by atoms with Crippen LogP contribution in [0.5, 0.6) is 0 Å². The van der Waals surface area contributed by atoms with Gasteiger partial charge in [-0.15, -0.1) is 0 Å². The summed E-state index contributed by atoms with van der Waals surface area (Å²) in [5, 5.41) is 5.18. The summed E-state index contributed by atoms with van der Waals surface area (Å²) in [5.74, 6) is -0.941. The molecule has 2 amide bonds. The minimum Gasteiger partial charge on any atom is -0.467 e. The molecule has 0 spiro atoms. The highest BCUT2D eigenvalue weighted by Crippen LogP contribution is 2.09. The van der Waals surface area contributed by atoms with Gasteiger partial charge in [0.2, 0.25) is 5.91 Å². The molecule has 0 unspecified atom stereocenters. The van der Waals surface area contributed by atoms with E-state index >= 15 is 0 Å². The SMILES string of the molecule is COC(=O)[C@@H](CC(C)C)NC(=O)[C@H](COCc1ccccc1)NC(=O)OC(C)(C)C. The quantitative estimate of drug-likeness (QED) is 0.562. The van der Waals surface area contributed by atoms with Crippen LogP contribution < -0.4 is 10.6 Å². The second-order valence-electron chi connectivity index (χ2n) is 8.41. The predicted molar refractivity (Wildman–Crippen MR) is 113 cm³/mol. The van der Waals surface area contributed by atoms with Crippen molar-refractivity contribution in [2.75, 3.05) is 13.7 Å². The van der Waals surface area contributed by atoms with E-state index in [1.54, 1.807) is 20.8 Å². The molecule has 0 saturated heterocycles. The van der Waals surface area contributed by atoms with Gasteiger partial charge in [0.1, 0.15) is 17.7 Å². The van der Waals surface area contributed by atoms with Gasteiger partial charge >= 0.3 is 12.1 Å². The Kier molecular flexibility index (Phi) is 10.3. The molecule has 0 aromatic heterocycles. The van der Waals surface area contributed by atoms with Crippen LogP contribution in [0.25, 0.3) is 0 Å². The monoisotopic (exact) mass is 422 g/mol. The van der Waals surface area contributed by atoms with Gasteiger partial charge in [-0.25, -0.2) is 9.59 Å². The molecule has 0 heterocycles. The van der Waals surface area contributed by atoms with E-state index in [4.69, 9.17) is 14.2 Å². The van der Waals surface area contributed by atoms with E-state index in [0.717, 1.165) is 5.56 Å². The van der Waals surface area contributed by atoms with E-state index in [9.17, 15) is 14.4 Å². The first kappa shape index (κ1) is 25.4. The number of hydrogen-bond donors (Lipinski definition) is 2. The van der Waals surface area contributed by atoms with E-state index < -0.39 is 35.7 Å². The number of ether oxygens (including phenoxy) is 3. The van der Waals surface area contributed by atoms with Gasteiger partial charge in [0.25, 0.3) is 0 Å². The maximum Gasteiger partial charge on any atom is 0.408 e. The molecule has 8 heteroatoms. The van der Waals surface area contributed by atoms with Crippen molar-refractivity contribution in [1.82, 2.24) is 10.6 Å². The zero-order chi connectivity index (χ0) is 22.7. The van der Waals surface area contributed by atoms with Crippen LogP contribution in [0.15, 0.2) is 30.3 Å². The number of alkyl carbamates (subject to hydrolysis) is 1. The average molecular weight is 423 g/mol. The predicted octanol–water partition coefficient (Wildman–Crippen LogP) is 2.80. The molecule has 0 aliphatic rings. The van der Waals surface area contributed by atoms with Crippen molar-refractivity contribution in [3.8, 4) is 0 Å². The zero-order valence-electron chi connectivity index (χ0n) is 18.7. The van der Waals surface area contributed by atoms with Crippen LogP contribution in [0.1, 0.15) is 46.6 Å². The molecule has 1 aromatic carbocycles. The van der Waals surface area contributed by atoms with Crippen molar-refractivity contribution in [2.24, 2.45) is 5.92 Å². The van der Waals surface area contributed by atoms with Crippen LogP contribution in [0.3, 0.4) is 0 Å². The van der Waals surface area contributed by atoms with Crippen molar-refractivity contribution in [3.63, 3.8) is 0 Å². The summed E-state index contributed by atoms with van der Waals surface area (Å²) in [7, 11) is 1.27. The Bertz CT molecular complexity index is 685. The molecule has 0 fully saturated rings. The van der Waals surface area contributed by atoms with Crippen molar-refractivity contribution >= 4 is 18.0 Å². The van der Waals surface area contributed by atoms with Crippen LogP contribution in [-0.2, 0) is 30.4 Å². The molecule has 30 heavy (non-hydrogen) atoms. The van der Waals surface area contributed by atoms with Crippen LogP contribution in [0.2, 0.25) is 0 Å². The fourth-order valence-electron chi connectivity index (χ4n) is 2.60. The second-order valence-corrected chi connectivity index (χ2v) is 8.41. The lowest BCUT2D eigenvalue weighted by Gasteiger charge is -2.25. The van der Waals surface area contributed by atoms with E-state index in [2.05, 4.69) is 10.6 Å². The van der Waals surface area contributed by atoms with Gasteiger partial charge in [0, 0.05) is 0 Å². The first-order valence-electron chi connectivity index (χ1n) is 10.0. The number of carbonyl (C=O) groups excluding carboxylic acids is 3. The Morgan fingerprint density at radius 1 is 1.00 bits per heavy atom. The standard InChI is InChI=1S/C22H34N2O6/c1-15(2)12-17(20(26)28-6)23-19(25)18(24-21(27)30-22(3,4)5)14-29-13-16-10-8-7-9-11-16/h7-11,15,17-18H,12-14H2,1-6H3,(H,23,25)(H,24,27)/t17-,18+/m1/s1. The van der Waals surface area contributed by atoms with Gasteiger partial charge in [0.05, 0.1) is 20.3 Å². The Hall–Kier alpha value is -2.61. The van der Waals surface area contributed by atoms with Gasteiger partial charge in [-0.3, -0.25) is 4.79 Å². The molecule has 0 aliphatic carbocycles.